The molecular weight excluding hydrogens is 262 g/mol. The quantitative estimate of drug-likeness (QED) is 0.578. The largest absolute Gasteiger partial charge is 0.417 e. The standard InChI is InChI=1S/C14H24ClNOSi/c1-14(2,3)18(4,5)17-10-6-7-13-9-8-12(15)11-16-13/h8-9,11H,6-7,10H2,1-5H3. The summed E-state index contributed by atoms with van der Waals surface area (Å²) in [5.41, 5.74) is 1.08. The van der Waals surface area contributed by atoms with Gasteiger partial charge in [-0.3, -0.25) is 4.98 Å². The third kappa shape index (κ3) is 4.71. The van der Waals surface area contributed by atoms with E-state index in [4.69, 9.17) is 16.0 Å². The Labute approximate surface area is 117 Å². The normalized spacial score (nSPS) is 12.8. The van der Waals surface area contributed by atoms with Crippen molar-refractivity contribution < 1.29 is 4.43 Å². The zero-order valence-corrected chi connectivity index (χ0v) is 13.8. The van der Waals surface area contributed by atoms with E-state index in [0.29, 0.717) is 5.02 Å². The number of rotatable bonds is 5. The fraction of sp³-hybridized carbons (Fsp3) is 0.643. The van der Waals surface area contributed by atoms with Gasteiger partial charge in [0.15, 0.2) is 8.32 Å². The first-order chi connectivity index (χ1) is 8.22. The van der Waals surface area contributed by atoms with Gasteiger partial charge in [-0.2, -0.15) is 0 Å². The molecule has 0 saturated carbocycles. The van der Waals surface area contributed by atoms with Crippen LogP contribution in [0.5, 0.6) is 0 Å². The predicted octanol–water partition coefficient (Wildman–Crippen LogP) is 4.69. The molecule has 0 aromatic carbocycles. The Bertz CT molecular complexity index is 370. The smallest absolute Gasteiger partial charge is 0.191 e. The van der Waals surface area contributed by atoms with E-state index in [1.165, 1.54) is 0 Å². The number of hydrogen-bond donors (Lipinski definition) is 0. The second-order valence-corrected chi connectivity index (χ2v) is 11.4. The third-order valence-electron chi connectivity index (χ3n) is 3.63. The van der Waals surface area contributed by atoms with Crippen molar-refractivity contribution in [1.29, 1.82) is 0 Å². The molecule has 1 heterocycles. The molecule has 1 aromatic heterocycles. The van der Waals surface area contributed by atoms with Crippen LogP contribution < -0.4 is 0 Å². The summed E-state index contributed by atoms with van der Waals surface area (Å²) in [6.45, 7) is 12.2. The molecule has 102 valence electrons. The monoisotopic (exact) mass is 285 g/mol. The summed E-state index contributed by atoms with van der Waals surface area (Å²) in [5, 5.41) is 0.974. The molecule has 0 radical (unpaired) electrons. The van der Waals surface area contributed by atoms with Gasteiger partial charge in [-0.1, -0.05) is 32.4 Å². The van der Waals surface area contributed by atoms with Gasteiger partial charge in [0.2, 0.25) is 0 Å². The van der Waals surface area contributed by atoms with E-state index in [0.717, 1.165) is 25.1 Å². The van der Waals surface area contributed by atoms with Gasteiger partial charge in [-0.15, -0.1) is 0 Å². The minimum atomic E-state index is -1.59. The van der Waals surface area contributed by atoms with Gasteiger partial charge in [0.1, 0.15) is 0 Å². The molecule has 0 saturated heterocycles. The van der Waals surface area contributed by atoms with Crippen molar-refractivity contribution in [3.63, 3.8) is 0 Å². The fourth-order valence-electron chi connectivity index (χ4n) is 1.35. The molecule has 0 aliphatic rings. The highest BCUT2D eigenvalue weighted by atomic mass is 35.5. The van der Waals surface area contributed by atoms with Crippen LogP contribution in [0, 0.1) is 0 Å². The molecular formula is C14H24ClNOSi. The zero-order valence-electron chi connectivity index (χ0n) is 12.1. The molecule has 1 aromatic rings. The van der Waals surface area contributed by atoms with Gasteiger partial charge < -0.3 is 4.43 Å². The first-order valence-corrected chi connectivity index (χ1v) is 9.75. The molecule has 18 heavy (non-hydrogen) atoms. The number of nitrogens with zero attached hydrogens (tertiary/aromatic N) is 1. The van der Waals surface area contributed by atoms with Crippen LogP contribution in [0.2, 0.25) is 23.2 Å². The van der Waals surface area contributed by atoms with Crippen molar-refractivity contribution >= 4 is 19.9 Å². The summed E-state index contributed by atoms with van der Waals surface area (Å²) < 4.78 is 6.12. The predicted molar refractivity (Wildman–Crippen MR) is 80.7 cm³/mol. The molecule has 0 atom stereocenters. The van der Waals surface area contributed by atoms with Crippen molar-refractivity contribution in [3.05, 3.63) is 29.0 Å². The summed E-state index contributed by atoms with van der Waals surface area (Å²) in [4.78, 5) is 4.28. The van der Waals surface area contributed by atoms with E-state index < -0.39 is 8.32 Å². The van der Waals surface area contributed by atoms with Crippen LogP contribution in [0.3, 0.4) is 0 Å². The summed E-state index contributed by atoms with van der Waals surface area (Å²) in [5.74, 6) is 0. The Balaban J connectivity index is 2.33. The first-order valence-electron chi connectivity index (χ1n) is 6.47. The lowest BCUT2D eigenvalue weighted by atomic mass is 10.2. The van der Waals surface area contributed by atoms with Crippen LogP contribution in [0.15, 0.2) is 18.3 Å². The Kier molecular flexibility index (Phi) is 5.38. The molecule has 0 aliphatic heterocycles. The Morgan fingerprint density at radius 1 is 1.28 bits per heavy atom. The minimum absolute atomic E-state index is 0.283. The topological polar surface area (TPSA) is 22.1 Å². The van der Waals surface area contributed by atoms with Crippen molar-refractivity contribution in [2.45, 2.75) is 51.7 Å². The van der Waals surface area contributed by atoms with Crippen molar-refractivity contribution in [2.24, 2.45) is 0 Å². The molecule has 2 nitrogen and oxygen atoms in total. The van der Waals surface area contributed by atoms with Gasteiger partial charge in [0.25, 0.3) is 0 Å². The molecule has 4 heteroatoms. The lowest BCUT2D eigenvalue weighted by molar-refractivity contribution is 0.282. The average molecular weight is 286 g/mol. The summed E-state index contributed by atoms with van der Waals surface area (Å²) in [6, 6.07) is 3.87. The van der Waals surface area contributed by atoms with Crippen LogP contribution in [0.25, 0.3) is 0 Å². The van der Waals surface area contributed by atoms with E-state index in [-0.39, 0.29) is 5.04 Å². The van der Waals surface area contributed by atoms with E-state index >= 15 is 0 Å². The highest BCUT2D eigenvalue weighted by Crippen LogP contribution is 2.36. The second kappa shape index (κ2) is 6.18. The van der Waals surface area contributed by atoms with E-state index in [1.54, 1.807) is 6.20 Å². The van der Waals surface area contributed by atoms with Gasteiger partial charge >= 0.3 is 0 Å². The van der Waals surface area contributed by atoms with Crippen LogP contribution in [-0.2, 0) is 10.8 Å². The van der Waals surface area contributed by atoms with Gasteiger partial charge in [-0.05, 0) is 43.1 Å². The first kappa shape index (κ1) is 15.7. The average Bonchev–Trinajstić information content (AvgIpc) is 2.25. The number of hydrogen-bond acceptors (Lipinski definition) is 2. The van der Waals surface area contributed by atoms with Gasteiger partial charge in [0, 0.05) is 18.5 Å². The number of halogens is 1. The molecule has 0 aliphatic carbocycles. The maximum absolute atomic E-state index is 6.12. The minimum Gasteiger partial charge on any atom is -0.417 e. The Morgan fingerprint density at radius 2 is 1.94 bits per heavy atom. The van der Waals surface area contributed by atoms with Crippen LogP contribution in [0.4, 0.5) is 0 Å². The van der Waals surface area contributed by atoms with Crippen LogP contribution in [-0.4, -0.2) is 19.9 Å². The third-order valence-corrected chi connectivity index (χ3v) is 8.40. The van der Waals surface area contributed by atoms with E-state index in [1.807, 2.05) is 12.1 Å². The summed E-state index contributed by atoms with van der Waals surface area (Å²) >= 11 is 5.80. The lowest BCUT2D eigenvalue weighted by Gasteiger charge is -2.36. The molecule has 0 bridgehead atoms. The van der Waals surface area contributed by atoms with Crippen LogP contribution in [0.1, 0.15) is 32.9 Å². The van der Waals surface area contributed by atoms with Crippen molar-refractivity contribution in [2.75, 3.05) is 6.61 Å². The van der Waals surface area contributed by atoms with Gasteiger partial charge in [0.05, 0.1) is 5.02 Å². The molecule has 0 N–H and O–H groups in total. The van der Waals surface area contributed by atoms with E-state index in [9.17, 15) is 0 Å². The number of aromatic nitrogens is 1. The maximum atomic E-state index is 6.12. The fourth-order valence-corrected chi connectivity index (χ4v) is 2.55. The van der Waals surface area contributed by atoms with E-state index in [2.05, 4.69) is 38.8 Å². The van der Waals surface area contributed by atoms with Crippen molar-refractivity contribution in [1.82, 2.24) is 4.98 Å². The SMILES string of the molecule is CC(C)(C)[Si](C)(C)OCCCc1ccc(Cl)cn1. The molecule has 0 amide bonds. The van der Waals surface area contributed by atoms with Gasteiger partial charge in [-0.25, -0.2) is 0 Å². The number of aryl methyl sites for hydroxylation is 1. The molecule has 0 fully saturated rings. The number of pyridine rings is 1. The maximum Gasteiger partial charge on any atom is 0.191 e. The summed E-state index contributed by atoms with van der Waals surface area (Å²) in [6.07, 6.45) is 3.67. The highest BCUT2D eigenvalue weighted by molar-refractivity contribution is 6.74. The molecule has 0 spiro atoms. The highest BCUT2D eigenvalue weighted by Gasteiger charge is 2.36. The summed E-state index contributed by atoms with van der Waals surface area (Å²) in [7, 11) is -1.59. The zero-order chi connectivity index (χ0) is 13.8. The molecule has 1 rings (SSSR count). The second-order valence-electron chi connectivity index (χ2n) is 6.18. The lowest BCUT2D eigenvalue weighted by Crippen LogP contribution is -2.41. The van der Waals surface area contributed by atoms with Crippen molar-refractivity contribution in [3.8, 4) is 0 Å². The Hall–Kier alpha value is -0.383. The Morgan fingerprint density at radius 3 is 2.44 bits per heavy atom. The molecule has 0 unspecified atom stereocenters. The van der Waals surface area contributed by atoms with Crippen LogP contribution >= 0.6 is 11.6 Å².